The van der Waals surface area contributed by atoms with Gasteiger partial charge in [-0.15, -0.1) is 0 Å². The van der Waals surface area contributed by atoms with Crippen LogP contribution in [0.1, 0.15) is 11.5 Å². The standard InChI is InChI=1S/C18H23N3O3/c1-13-8-16(24-20-13)9-14-10-21(11-17(14)23-2)12-18(22)19-15-6-4-3-5-7-15/h3-8,14,17H,9-12H2,1-2H3,(H,19,22)/t14-,17+/m1/s1. The lowest BCUT2D eigenvalue weighted by atomic mass is 10.0. The van der Waals surface area contributed by atoms with E-state index in [4.69, 9.17) is 9.26 Å². The quantitative estimate of drug-likeness (QED) is 0.879. The molecule has 1 saturated heterocycles. The molecule has 3 rings (SSSR count). The number of aryl methyl sites for hydroxylation is 1. The average molecular weight is 329 g/mol. The topological polar surface area (TPSA) is 67.6 Å². The minimum atomic E-state index is -0.00721. The van der Waals surface area contributed by atoms with E-state index in [-0.39, 0.29) is 12.0 Å². The fraction of sp³-hybridized carbons (Fsp3) is 0.444. The summed E-state index contributed by atoms with van der Waals surface area (Å²) in [5.74, 6) is 1.16. The van der Waals surface area contributed by atoms with Gasteiger partial charge in [0.15, 0.2) is 0 Å². The molecular weight excluding hydrogens is 306 g/mol. The number of nitrogens with zero attached hydrogens (tertiary/aromatic N) is 2. The first-order valence-electron chi connectivity index (χ1n) is 8.16. The van der Waals surface area contributed by atoms with Crippen LogP contribution in [0.2, 0.25) is 0 Å². The molecule has 1 N–H and O–H groups in total. The van der Waals surface area contributed by atoms with Crippen molar-refractivity contribution in [3.63, 3.8) is 0 Å². The van der Waals surface area contributed by atoms with Crippen molar-refractivity contribution in [2.75, 3.05) is 32.1 Å². The monoisotopic (exact) mass is 329 g/mol. The number of rotatable bonds is 6. The van der Waals surface area contributed by atoms with Crippen molar-refractivity contribution in [1.29, 1.82) is 0 Å². The SMILES string of the molecule is CO[C@H]1CN(CC(=O)Nc2ccccc2)C[C@H]1Cc1cc(C)no1. The second-order valence-corrected chi connectivity index (χ2v) is 6.28. The predicted octanol–water partition coefficient (Wildman–Crippen LogP) is 2.11. The first-order chi connectivity index (χ1) is 11.6. The number of aromatic nitrogens is 1. The van der Waals surface area contributed by atoms with Gasteiger partial charge in [-0.1, -0.05) is 23.4 Å². The second kappa shape index (κ2) is 7.59. The number of carbonyl (C=O) groups is 1. The Bertz CT molecular complexity index is 671. The summed E-state index contributed by atoms with van der Waals surface area (Å²) in [5.41, 5.74) is 1.70. The number of ether oxygens (including phenoxy) is 1. The Kier molecular flexibility index (Phi) is 5.27. The van der Waals surface area contributed by atoms with Gasteiger partial charge in [-0.25, -0.2) is 0 Å². The van der Waals surface area contributed by atoms with Crippen molar-refractivity contribution < 1.29 is 14.1 Å². The number of benzene rings is 1. The molecule has 128 valence electrons. The minimum absolute atomic E-state index is 0.00721. The molecular formula is C18H23N3O3. The molecule has 1 aliphatic heterocycles. The largest absolute Gasteiger partial charge is 0.380 e. The number of methoxy groups -OCH3 is 1. The Morgan fingerprint density at radius 1 is 1.38 bits per heavy atom. The lowest BCUT2D eigenvalue weighted by molar-refractivity contribution is -0.117. The maximum atomic E-state index is 12.2. The van der Waals surface area contributed by atoms with Gasteiger partial charge in [0.1, 0.15) is 5.76 Å². The van der Waals surface area contributed by atoms with Gasteiger partial charge >= 0.3 is 0 Å². The van der Waals surface area contributed by atoms with Gasteiger partial charge in [0.2, 0.25) is 5.91 Å². The average Bonchev–Trinajstić information content (AvgIpc) is 3.14. The Balaban J connectivity index is 1.54. The van der Waals surface area contributed by atoms with Crippen LogP contribution in [0.5, 0.6) is 0 Å². The molecule has 0 bridgehead atoms. The van der Waals surface area contributed by atoms with E-state index in [1.54, 1.807) is 7.11 Å². The molecule has 1 aromatic heterocycles. The summed E-state index contributed by atoms with van der Waals surface area (Å²) < 4.78 is 10.9. The van der Waals surface area contributed by atoms with E-state index >= 15 is 0 Å². The van der Waals surface area contributed by atoms with Crippen molar-refractivity contribution in [2.45, 2.75) is 19.4 Å². The van der Waals surface area contributed by atoms with Crippen LogP contribution in [0, 0.1) is 12.8 Å². The molecule has 0 radical (unpaired) electrons. The van der Waals surface area contributed by atoms with Crippen molar-refractivity contribution in [1.82, 2.24) is 10.1 Å². The van der Waals surface area contributed by atoms with Crippen LogP contribution in [0.4, 0.5) is 5.69 Å². The zero-order valence-electron chi connectivity index (χ0n) is 14.1. The summed E-state index contributed by atoms with van der Waals surface area (Å²) in [7, 11) is 1.72. The molecule has 0 spiro atoms. The van der Waals surface area contributed by atoms with E-state index in [0.29, 0.717) is 12.5 Å². The summed E-state index contributed by atoms with van der Waals surface area (Å²) in [6.07, 6.45) is 0.871. The van der Waals surface area contributed by atoms with Crippen molar-refractivity contribution >= 4 is 11.6 Å². The van der Waals surface area contributed by atoms with Crippen molar-refractivity contribution in [3.8, 4) is 0 Å². The number of amides is 1. The van der Waals surface area contributed by atoms with Gasteiger partial charge < -0.3 is 14.6 Å². The Morgan fingerprint density at radius 2 is 2.17 bits per heavy atom. The molecule has 0 aliphatic carbocycles. The normalized spacial score (nSPS) is 21.1. The lowest BCUT2D eigenvalue weighted by Gasteiger charge is -2.15. The number of anilines is 1. The smallest absolute Gasteiger partial charge is 0.238 e. The van der Waals surface area contributed by atoms with Crippen LogP contribution in [-0.4, -0.2) is 48.8 Å². The maximum absolute atomic E-state index is 12.2. The molecule has 6 nitrogen and oxygen atoms in total. The first kappa shape index (κ1) is 16.7. The van der Waals surface area contributed by atoms with Gasteiger partial charge in [-0.2, -0.15) is 0 Å². The number of hydrogen-bond donors (Lipinski definition) is 1. The number of hydrogen-bond acceptors (Lipinski definition) is 5. The molecule has 24 heavy (non-hydrogen) atoms. The molecule has 0 saturated carbocycles. The third-order valence-electron chi connectivity index (χ3n) is 4.32. The maximum Gasteiger partial charge on any atom is 0.238 e. The summed E-state index contributed by atoms with van der Waals surface area (Å²) in [4.78, 5) is 14.3. The summed E-state index contributed by atoms with van der Waals surface area (Å²) in [6.45, 7) is 3.83. The highest BCUT2D eigenvalue weighted by atomic mass is 16.5. The van der Waals surface area contributed by atoms with Crippen LogP contribution in [0.15, 0.2) is 40.9 Å². The van der Waals surface area contributed by atoms with Crippen LogP contribution in [0.3, 0.4) is 0 Å². The highest BCUT2D eigenvalue weighted by Crippen LogP contribution is 2.24. The van der Waals surface area contributed by atoms with Crippen LogP contribution in [-0.2, 0) is 16.0 Å². The molecule has 2 heterocycles. The number of nitrogens with one attached hydrogen (secondary N) is 1. The molecule has 1 amide bonds. The third kappa shape index (κ3) is 4.21. The number of para-hydroxylation sites is 1. The van der Waals surface area contributed by atoms with Gasteiger partial charge in [0.25, 0.3) is 0 Å². The van der Waals surface area contributed by atoms with Crippen molar-refractivity contribution in [3.05, 3.63) is 47.9 Å². The first-order valence-corrected chi connectivity index (χ1v) is 8.16. The van der Waals surface area contributed by atoms with Gasteiger partial charge in [0.05, 0.1) is 18.3 Å². The lowest BCUT2D eigenvalue weighted by Crippen LogP contribution is -2.32. The highest BCUT2D eigenvalue weighted by Gasteiger charge is 2.34. The van der Waals surface area contributed by atoms with Crippen molar-refractivity contribution in [2.24, 2.45) is 5.92 Å². The minimum Gasteiger partial charge on any atom is -0.380 e. The van der Waals surface area contributed by atoms with E-state index in [2.05, 4.69) is 15.4 Å². The van der Waals surface area contributed by atoms with Crippen LogP contribution >= 0.6 is 0 Å². The molecule has 2 atom stereocenters. The predicted molar refractivity (Wildman–Crippen MR) is 90.7 cm³/mol. The summed E-state index contributed by atoms with van der Waals surface area (Å²) in [5, 5.41) is 6.85. The molecule has 2 aromatic rings. The Morgan fingerprint density at radius 3 is 2.83 bits per heavy atom. The summed E-state index contributed by atoms with van der Waals surface area (Å²) >= 11 is 0. The molecule has 1 aliphatic rings. The highest BCUT2D eigenvalue weighted by molar-refractivity contribution is 5.92. The molecule has 1 aromatic carbocycles. The zero-order chi connectivity index (χ0) is 16.9. The fourth-order valence-electron chi connectivity index (χ4n) is 3.22. The molecule has 0 unspecified atom stereocenters. The zero-order valence-corrected chi connectivity index (χ0v) is 14.1. The molecule has 6 heteroatoms. The second-order valence-electron chi connectivity index (χ2n) is 6.28. The number of likely N-dealkylation sites (tertiary alicyclic amines) is 1. The van der Waals surface area contributed by atoms with Gasteiger partial charge in [-0.3, -0.25) is 9.69 Å². The Labute approximate surface area is 141 Å². The van der Waals surface area contributed by atoms with E-state index < -0.39 is 0 Å². The van der Waals surface area contributed by atoms with Crippen LogP contribution in [0.25, 0.3) is 0 Å². The van der Waals surface area contributed by atoms with E-state index in [0.717, 1.165) is 36.7 Å². The fourth-order valence-corrected chi connectivity index (χ4v) is 3.22. The van der Waals surface area contributed by atoms with Crippen LogP contribution < -0.4 is 5.32 Å². The summed E-state index contributed by atoms with van der Waals surface area (Å²) in [6, 6.07) is 11.5. The molecule has 1 fully saturated rings. The van der Waals surface area contributed by atoms with E-state index in [9.17, 15) is 4.79 Å². The number of carbonyl (C=O) groups excluding carboxylic acids is 1. The van der Waals surface area contributed by atoms with E-state index in [1.807, 2.05) is 43.3 Å². The third-order valence-corrected chi connectivity index (χ3v) is 4.32. The Hall–Kier alpha value is -2.18. The van der Waals surface area contributed by atoms with Gasteiger partial charge in [-0.05, 0) is 19.1 Å². The van der Waals surface area contributed by atoms with Gasteiger partial charge in [0, 0.05) is 44.3 Å². The van der Waals surface area contributed by atoms with E-state index in [1.165, 1.54) is 0 Å².